The molecule has 0 aliphatic carbocycles. The van der Waals surface area contributed by atoms with Crippen LogP contribution in [0.2, 0.25) is 0 Å². The number of aliphatic hydroxyl groups excluding tert-OH is 1. The summed E-state index contributed by atoms with van der Waals surface area (Å²) in [5, 5.41) is 11.6. The molecule has 1 aromatic rings. The molecule has 0 aromatic carbocycles. The second-order valence-electron chi connectivity index (χ2n) is 4.73. The largest absolute Gasteiger partial charge is 0.384 e. The second-order valence-corrected chi connectivity index (χ2v) is 4.73. The average molecular weight is 290 g/mol. The Balaban J connectivity index is 2.07. The number of hydrogen-bond donors (Lipinski definition) is 2. The molecule has 1 atom stereocenters. The number of amides is 1. The van der Waals surface area contributed by atoms with E-state index in [1.54, 1.807) is 19.2 Å². The third kappa shape index (κ3) is 3.79. The smallest absolute Gasteiger partial charge is 0.271 e. The number of carbonyl (C=O) groups excluding carboxylic acids is 1. The Morgan fingerprint density at radius 1 is 1.67 bits per heavy atom. The van der Waals surface area contributed by atoms with E-state index in [-0.39, 0.29) is 18.2 Å². The van der Waals surface area contributed by atoms with E-state index < -0.39 is 5.60 Å². The lowest BCUT2D eigenvalue weighted by Gasteiger charge is -2.25. The molecule has 1 aliphatic rings. The van der Waals surface area contributed by atoms with Crippen LogP contribution in [0.4, 0.5) is 0 Å². The quantitative estimate of drug-likeness (QED) is 0.761. The average Bonchev–Trinajstić information content (AvgIpc) is 3.00. The van der Waals surface area contributed by atoms with Crippen LogP contribution in [0.15, 0.2) is 18.3 Å². The standard InChI is InChI=1S/C15H18N2O4/c1-20-15(6-9-21-11-15)10-17-14(19)13-12(5-3-8-18)4-2-7-16-13/h2,4,7,18H,6,8-11H2,1H3,(H,17,19). The molecule has 0 spiro atoms. The van der Waals surface area contributed by atoms with Gasteiger partial charge in [0.05, 0.1) is 12.2 Å². The number of aliphatic hydroxyl groups is 1. The first kappa shape index (κ1) is 15.4. The first-order valence-corrected chi connectivity index (χ1v) is 6.66. The highest BCUT2D eigenvalue weighted by molar-refractivity contribution is 5.94. The molecule has 0 bridgehead atoms. The summed E-state index contributed by atoms with van der Waals surface area (Å²) in [6.07, 6.45) is 2.27. The highest BCUT2D eigenvalue weighted by Gasteiger charge is 2.35. The van der Waals surface area contributed by atoms with Gasteiger partial charge in [0.1, 0.15) is 17.9 Å². The Labute approximate surface area is 123 Å². The lowest BCUT2D eigenvalue weighted by atomic mass is 10.0. The highest BCUT2D eigenvalue weighted by atomic mass is 16.5. The Kier molecular flexibility index (Phi) is 5.28. The van der Waals surface area contributed by atoms with Gasteiger partial charge in [-0.1, -0.05) is 11.8 Å². The van der Waals surface area contributed by atoms with Gasteiger partial charge in [0, 0.05) is 32.9 Å². The monoisotopic (exact) mass is 290 g/mol. The van der Waals surface area contributed by atoms with E-state index in [1.807, 2.05) is 0 Å². The van der Waals surface area contributed by atoms with Crippen molar-refractivity contribution in [3.63, 3.8) is 0 Å². The first-order valence-electron chi connectivity index (χ1n) is 6.66. The van der Waals surface area contributed by atoms with Gasteiger partial charge < -0.3 is 19.9 Å². The lowest BCUT2D eigenvalue weighted by molar-refractivity contribution is -0.0149. The molecule has 1 saturated heterocycles. The van der Waals surface area contributed by atoms with E-state index in [0.717, 1.165) is 6.42 Å². The van der Waals surface area contributed by atoms with Gasteiger partial charge in [-0.2, -0.15) is 0 Å². The van der Waals surface area contributed by atoms with E-state index in [0.29, 0.717) is 25.3 Å². The van der Waals surface area contributed by atoms with Crippen molar-refractivity contribution < 1.29 is 19.4 Å². The van der Waals surface area contributed by atoms with Crippen molar-refractivity contribution in [3.05, 3.63) is 29.6 Å². The fraction of sp³-hybridized carbons (Fsp3) is 0.467. The molecule has 1 fully saturated rings. The summed E-state index contributed by atoms with van der Waals surface area (Å²) in [6, 6.07) is 3.38. The number of nitrogens with zero attached hydrogens (tertiary/aromatic N) is 1. The van der Waals surface area contributed by atoms with Gasteiger partial charge in [-0.25, -0.2) is 4.98 Å². The zero-order chi connectivity index (χ0) is 15.1. The van der Waals surface area contributed by atoms with Gasteiger partial charge in [0.15, 0.2) is 0 Å². The molecule has 1 aliphatic heterocycles. The highest BCUT2D eigenvalue weighted by Crippen LogP contribution is 2.21. The lowest BCUT2D eigenvalue weighted by Crippen LogP contribution is -2.45. The van der Waals surface area contributed by atoms with E-state index in [4.69, 9.17) is 14.6 Å². The van der Waals surface area contributed by atoms with Crippen molar-refractivity contribution in [3.8, 4) is 11.8 Å². The molecule has 2 rings (SSSR count). The molecule has 1 unspecified atom stereocenters. The molecule has 21 heavy (non-hydrogen) atoms. The van der Waals surface area contributed by atoms with Crippen molar-refractivity contribution in [2.45, 2.75) is 12.0 Å². The number of ether oxygens (including phenoxy) is 2. The Hall–Kier alpha value is -1.94. The summed E-state index contributed by atoms with van der Waals surface area (Å²) >= 11 is 0. The first-order chi connectivity index (χ1) is 10.2. The fourth-order valence-corrected chi connectivity index (χ4v) is 2.11. The van der Waals surface area contributed by atoms with Crippen LogP contribution in [0.1, 0.15) is 22.5 Å². The number of aromatic nitrogens is 1. The molecular formula is C15H18N2O4. The van der Waals surface area contributed by atoms with E-state index in [1.165, 1.54) is 6.20 Å². The van der Waals surface area contributed by atoms with Crippen molar-refractivity contribution >= 4 is 5.91 Å². The molecule has 0 radical (unpaired) electrons. The van der Waals surface area contributed by atoms with Gasteiger partial charge >= 0.3 is 0 Å². The van der Waals surface area contributed by atoms with Crippen LogP contribution in [0.25, 0.3) is 0 Å². The number of rotatable bonds is 4. The van der Waals surface area contributed by atoms with Gasteiger partial charge in [0.25, 0.3) is 5.91 Å². The van der Waals surface area contributed by atoms with Gasteiger partial charge in [-0.3, -0.25) is 4.79 Å². The Morgan fingerprint density at radius 2 is 2.52 bits per heavy atom. The van der Waals surface area contributed by atoms with Crippen LogP contribution in [-0.2, 0) is 9.47 Å². The topological polar surface area (TPSA) is 80.7 Å². The van der Waals surface area contributed by atoms with E-state index in [2.05, 4.69) is 22.1 Å². The van der Waals surface area contributed by atoms with Crippen molar-refractivity contribution in [2.75, 3.05) is 33.5 Å². The van der Waals surface area contributed by atoms with Crippen LogP contribution >= 0.6 is 0 Å². The maximum Gasteiger partial charge on any atom is 0.271 e. The van der Waals surface area contributed by atoms with Crippen LogP contribution in [0.5, 0.6) is 0 Å². The fourth-order valence-electron chi connectivity index (χ4n) is 2.11. The predicted molar refractivity (Wildman–Crippen MR) is 75.7 cm³/mol. The van der Waals surface area contributed by atoms with Crippen LogP contribution in [0.3, 0.4) is 0 Å². The summed E-state index contributed by atoms with van der Waals surface area (Å²) in [5.74, 6) is 4.91. The van der Waals surface area contributed by atoms with Crippen LogP contribution < -0.4 is 5.32 Å². The maximum absolute atomic E-state index is 12.2. The number of carbonyl (C=O) groups is 1. The van der Waals surface area contributed by atoms with Crippen molar-refractivity contribution in [2.24, 2.45) is 0 Å². The number of methoxy groups -OCH3 is 1. The molecule has 0 saturated carbocycles. The minimum atomic E-state index is -0.471. The van der Waals surface area contributed by atoms with Gasteiger partial charge in [0.2, 0.25) is 0 Å². The Bertz CT molecular complexity index is 556. The number of nitrogens with one attached hydrogen (secondary N) is 1. The van der Waals surface area contributed by atoms with Crippen LogP contribution in [0, 0.1) is 11.8 Å². The van der Waals surface area contributed by atoms with Crippen molar-refractivity contribution in [1.29, 1.82) is 0 Å². The minimum Gasteiger partial charge on any atom is -0.384 e. The Morgan fingerprint density at radius 3 is 3.19 bits per heavy atom. The molecule has 1 amide bonds. The van der Waals surface area contributed by atoms with Gasteiger partial charge in [-0.15, -0.1) is 0 Å². The minimum absolute atomic E-state index is 0.239. The summed E-state index contributed by atoms with van der Waals surface area (Å²) in [7, 11) is 1.61. The SMILES string of the molecule is COC1(CNC(=O)c2ncccc2C#CCO)CCOC1. The molecule has 1 aromatic heterocycles. The van der Waals surface area contributed by atoms with Crippen molar-refractivity contribution in [1.82, 2.24) is 10.3 Å². The summed E-state index contributed by atoms with van der Waals surface area (Å²) in [6.45, 7) is 1.18. The molecule has 2 heterocycles. The second kappa shape index (κ2) is 7.18. The summed E-state index contributed by atoms with van der Waals surface area (Å²) < 4.78 is 10.8. The number of pyridine rings is 1. The maximum atomic E-state index is 12.2. The summed E-state index contributed by atoms with van der Waals surface area (Å²) in [5.41, 5.74) is 0.253. The third-order valence-electron chi connectivity index (χ3n) is 3.40. The number of hydrogen-bond acceptors (Lipinski definition) is 5. The van der Waals surface area contributed by atoms with Crippen LogP contribution in [-0.4, -0.2) is 55.1 Å². The molecule has 6 nitrogen and oxygen atoms in total. The third-order valence-corrected chi connectivity index (χ3v) is 3.40. The summed E-state index contributed by atoms with van der Waals surface area (Å²) in [4.78, 5) is 16.3. The molecule has 112 valence electrons. The van der Waals surface area contributed by atoms with E-state index in [9.17, 15) is 4.79 Å². The normalized spacial score (nSPS) is 20.7. The molecule has 2 N–H and O–H groups in total. The zero-order valence-corrected chi connectivity index (χ0v) is 11.9. The predicted octanol–water partition coefficient (Wildman–Crippen LogP) is -0.0393. The molecule has 6 heteroatoms. The van der Waals surface area contributed by atoms with Gasteiger partial charge in [-0.05, 0) is 12.1 Å². The zero-order valence-electron chi connectivity index (χ0n) is 11.9. The molecular weight excluding hydrogens is 272 g/mol. The van der Waals surface area contributed by atoms with E-state index >= 15 is 0 Å².